The highest BCUT2D eigenvalue weighted by atomic mass is 16.3. The van der Waals surface area contributed by atoms with E-state index in [2.05, 4.69) is 24.1 Å². The maximum absolute atomic E-state index is 10.1. The first-order valence-electron chi connectivity index (χ1n) is 7.32. The monoisotopic (exact) mass is 240 g/mol. The third-order valence-electron chi connectivity index (χ3n) is 4.13. The molecule has 0 radical (unpaired) electrons. The summed E-state index contributed by atoms with van der Waals surface area (Å²) >= 11 is 0. The Hall–Kier alpha value is -0.120. The van der Waals surface area contributed by atoms with Crippen LogP contribution in [0.25, 0.3) is 0 Å². The van der Waals surface area contributed by atoms with Crippen molar-refractivity contribution in [3.63, 3.8) is 0 Å². The van der Waals surface area contributed by atoms with E-state index in [0.717, 1.165) is 19.5 Å². The Morgan fingerprint density at radius 3 is 2.59 bits per heavy atom. The molecule has 3 nitrogen and oxygen atoms in total. The second-order valence-electron chi connectivity index (χ2n) is 6.21. The number of nitrogens with one attached hydrogen (secondary N) is 1. The van der Waals surface area contributed by atoms with Gasteiger partial charge in [-0.15, -0.1) is 0 Å². The van der Waals surface area contributed by atoms with Crippen LogP contribution in [0, 0.1) is 5.92 Å². The first-order valence-corrected chi connectivity index (χ1v) is 7.32. The highest BCUT2D eigenvalue weighted by Gasteiger charge is 2.32. The maximum Gasteiger partial charge on any atom is 0.0695 e. The summed E-state index contributed by atoms with van der Waals surface area (Å²) in [6.07, 6.45) is 5.90. The second-order valence-corrected chi connectivity index (χ2v) is 6.21. The van der Waals surface area contributed by atoms with Crippen molar-refractivity contribution >= 4 is 0 Å². The molecule has 0 aromatic rings. The fraction of sp³-hybridized carbons (Fsp3) is 1.00. The fourth-order valence-corrected chi connectivity index (χ4v) is 3.36. The molecule has 0 spiro atoms. The van der Waals surface area contributed by atoms with E-state index in [0.29, 0.717) is 18.0 Å². The van der Waals surface area contributed by atoms with Crippen LogP contribution in [0.15, 0.2) is 0 Å². The van der Waals surface area contributed by atoms with Crippen molar-refractivity contribution in [1.82, 2.24) is 10.2 Å². The van der Waals surface area contributed by atoms with Gasteiger partial charge >= 0.3 is 0 Å². The maximum atomic E-state index is 10.1. The molecular weight excluding hydrogens is 212 g/mol. The van der Waals surface area contributed by atoms with E-state index in [1.807, 2.05) is 0 Å². The summed E-state index contributed by atoms with van der Waals surface area (Å²) in [5, 5.41) is 13.7. The average Bonchev–Trinajstić information content (AvgIpc) is 2.87. The molecule has 2 fully saturated rings. The van der Waals surface area contributed by atoms with Crippen molar-refractivity contribution in [2.45, 2.75) is 64.1 Å². The van der Waals surface area contributed by atoms with E-state index >= 15 is 0 Å². The summed E-state index contributed by atoms with van der Waals surface area (Å²) < 4.78 is 0. The van der Waals surface area contributed by atoms with Gasteiger partial charge in [-0.3, -0.25) is 4.90 Å². The van der Waals surface area contributed by atoms with Crippen LogP contribution in [0.2, 0.25) is 0 Å². The zero-order chi connectivity index (χ0) is 12.3. The van der Waals surface area contributed by atoms with Crippen molar-refractivity contribution < 1.29 is 5.11 Å². The van der Waals surface area contributed by atoms with E-state index in [-0.39, 0.29) is 6.10 Å². The molecule has 2 aliphatic rings. The zero-order valence-electron chi connectivity index (χ0n) is 11.4. The number of hydrogen-bond acceptors (Lipinski definition) is 3. The molecule has 1 saturated heterocycles. The average molecular weight is 240 g/mol. The zero-order valence-corrected chi connectivity index (χ0v) is 11.4. The van der Waals surface area contributed by atoms with Gasteiger partial charge in [-0.1, -0.05) is 13.8 Å². The van der Waals surface area contributed by atoms with Gasteiger partial charge in [0.05, 0.1) is 6.10 Å². The SMILES string of the molecule is CC(C)CN(CC1CCCN1)C1CCCC1O. The summed E-state index contributed by atoms with van der Waals surface area (Å²) in [6.45, 7) is 7.97. The molecule has 0 amide bonds. The molecule has 3 unspecified atom stereocenters. The fourth-order valence-electron chi connectivity index (χ4n) is 3.36. The normalized spacial score (nSPS) is 34.1. The number of hydrogen-bond donors (Lipinski definition) is 2. The van der Waals surface area contributed by atoms with Gasteiger partial charge in [0.15, 0.2) is 0 Å². The van der Waals surface area contributed by atoms with Gasteiger partial charge in [0.1, 0.15) is 0 Å². The highest BCUT2D eigenvalue weighted by Crippen LogP contribution is 2.25. The van der Waals surface area contributed by atoms with Crippen LogP contribution in [0.4, 0.5) is 0 Å². The molecule has 3 heteroatoms. The molecular formula is C14H28N2O. The van der Waals surface area contributed by atoms with Crippen molar-refractivity contribution in [1.29, 1.82) is 0 Å². The standard InChI is InChI=1S/C14H28N2O/c1-11(2)9-16(10-12-5-4-8-15-12)13-6-3-7-14(13)17/h11-15,17H,3-10H2,1-2H3. The summed E-state index contributed by atoms with van der Waals surface area (Å²) in [6, 6.07) is 1.07. The van der Waals surface area contributed by atoms with Gasteiger partial charge in [-0.25, -0.2) is 0 Å². The summed E-state index contributed by atoms with van der Waals surface area (Å²) in [5.41, 5.74) is 0. The predicted octanol–water partition coefficient (Wildman–Crippen LogP) is 1.61. The first kappa shape index (κ1) is 13.3. The minimum absolute atomic E-state index is 0.0878. The van der Waals surface area contributed by atoms with E-state index in [4.69, 9.17) is 0 Å². The lowest BCUT2D eigenvalue weighted by molar-refractivity contribution is 0.0585. The van der Waals surface area contributed by atoms with E-state index < -0.39 is 0 Å². The van der Waals surface area contributed by atoms with Gasteiger partial charge < -0.3 is 10.4 Å². The summed E-state index contributed by atoms with van der Waals surface area (Å²) in [5.74, 6) is 0.684. The van der Waals surface area contributed by atoms with Crippen molar-refractivity contribution in [2.24, 2.45) is 5.92 Å². The highest BCUT2D eigenvalue weighted by molar-refractivity contribution is 4.88. The van der Waals surface area contributed by atoms with Crippen LogP contribution in [0.3, 0.4) is 0 Å². The predicted molar refractivity (Wildman–Crippen MR) is 71.1 cm³/mol. The van der Waals surface area contributed by atoms with Crippen LogP contribution >= 0.6 is 0 Å². The third-order valence-corrected chi connectivity index (χ3v) is 4.13. The van der Waals surface area contributed by atoms with E-state index in [1.165, 1.54) is 32.2 Å². The largest absolute Gasteiger partial charge is 0.391 e. The second kappa shape index (κ2) is 6.17. The Morgan fingerprint density at radius 2 is 2.06 bits per heavy atom. The number of aliphatic hydroxyl groups is 1. The molecule has 1 saturated carbocycles. The van der Waals surface area contributed by atoms with E-state index in [9.17, 15) is 5.11 Å². The van der Waals surface area contributed by atoms with Crippen LogP contribution in [-0.2, 0) is 0 Å². The molecule has 0 aromatic heterocycles. The van der Waals surface area contributed by atoms with Crippen molar-refractivity contribution in [2.75, 3.05) is 19.6 Å². The molecule has 1 heterocycles. The van der Waals surface area contributed by atoms with Crippen LogP contribution < -0.4 is 5.32 Å². The Balaban J connectivity index is 1.91. The number of aliphatic hydroxyl groups excluding tert-OH is 1. The Kier molecular flexibility index (Phi) is 4.83. The van der Waals surface area contributed by atoms with Gasteiger partial charge in [-0.2, -0.15) is 0 Å². The van der Waals surface area contributed by atoms with Crippen LogP contribution in [0.1, 0.15) is 46.0 Å². The van der Waals surface area contributed by atoms with Gasteiger partial charge in [0, 0.05) is 25.2 Å². The molecule has 3 atom stereocenters. The number of rotatable bonds is 5. The Labute approximate surface area is 106 Å². The van der Waals surface area contributed by atoms with Gasteiger partial charge in [-0.05, 0) is 44.6 Å². The van der Waals surface area contributed by atoms with E-state index in [1.54, 1.807) is 0 Å². The lowest BCUT2D eigenvalue weighted by Gasteiger charge is -2.34. The smallest absolute Gasteiger partial charge is 0.0695 e. The molecule has 17 heavy (non-hydrogen) atoms. The van der Waals surface area contributed by atoms with Crippen LogP contribution in [-0.4, -0.2) is 47.8 Å². The quantitative estimate of drug-likeness (QED) is 0.766. The lowest BCUT2D eigenvalue weighted by atomic mass is 10.1. The van der Waals surface area contributed by atoms with Gasteiger partial charge in [0.25, 0.3) is 0 Å². The van der Waals surface area contributed by atoms with Crippen LogP contribution in [0.5, 0.6) is 0 Å². The molecule has 1 aliphatic carbocycles. The minimum Gasteiger partial charge on any atom is -0.391 e. The summed E-state index contributed by atoms with van der Waals surface area (Å²) in [4.78, 5) is 2.55. The molecule has 0 bridgehead atoms. The van der Waals surface area contributed by atoms with Crippen molar-refractivity contribution in [3.8, 4) is 0 Å². The Bertz CT molecular complexity index is 226. The number of nitrogens with zero attached hydrogens (tertiary/aromatic N) is 1. The molecule has 1 aliphatic heterocycles. The molecule has 2 N–H and O–H groups in total. The molecule has 2 rings (SSSR count). The van der Waals surface area contributed by atoms with Crippen molar-refractivity contribution in [3.05, 3.63) is 0 Å². The third kappa shape index (κ3) is 3.67. The first-order chi connectivity index (χ1) is 8.16. The van der Waals surface area contributed by atoms with Gasteiger partial charge in [0.2, 0.25) is 0 Å². The minimum atomic E-state index is -0.0878. The Morgan fingerprint density at radius 1 is 1.24 bits per heavy atom. The molecule has 100 valence electrons. The topological polar surface area (TPSA) is 35.5 Å². The summed E-state index contributed by atoms with van der Waals surface area (Å²) in [7, 11) is 0. The lowest BCUT2D eigenvalue weighted by Crippen LogP contribution is -2.47. The molecule has 0 aromatic carbocycles.